The number of nitrogens with zero attached hydrogens (tertiary/aromatic N) is 1. The average molecular weight is 197 g/mol. The Hall–Kier alpha value is -0.0800. The van der Waals surface area contributed by atoms with E-state index in [1.54, 1.807) is 0 Å². The van der Waals surface area contributed by atoms with Crippen LogP contribution in [-0.4, -0.2) is 34.7 Å². The average Bonchev–Trinajstić information content (AvgIpc) is 2.15. The molecule has 1 saturated heterocycles. The van der Waals surface area contributed by atoms with Crippen LogP contribution in [0.5, 0.6) is 0 Å². The first kappa shape index (κ1) is 10.4. The molecule has 1 aliphatic carbocycles. The molecule has 2 heteroatoms. The fourth-order valence-corrected chi connectivity index (χ4v) is 3.35. The number of likely N-dealkylation sites (tertiary alicyclic amines) is 1. The van der Waals surface area contributed by atoms with Gasteiger partial charge in [0.25, 0.3) is 0 Å². The van der Waals surface area contributed by atoms with E-state index in [9.17, 15) is 5.11 Å². The van der Waals surface area contributed by atoms with Crippen molar-refractivity contribution < 1.29 is 5.11 Å². The molecule has 0 spiro atoms. The van der Waals surface area contributed by atoms with Crippen LogP contribution in [0.1, 0.15) is 46.0 Å². The second-order valence-electron chi connectivity index (χ2n) is 5.42. The van der Waals surface area contributed by atoms with Crippen molar-refractivity contribution in [1.82, 2.24) is 4.90 Å². The lowest BCUT2D eigenvalue weighted by molar-refractivity contribution is -0.0792. The first-order chi connectivity index (χ1) is 6.68. The molecule has 0 aromatic carbocycles. The first-order valence-electron chi connectivity index (χ1n) is 6.05. The molecule has 0 amide bonds. The zero-order valence-electron chi connectivity index (χ0n) is 9.50. The molecular weight excluding hydrogens is 174 g/mol. The number of hydrogen-bond donors (Lipinski definition) is 1. The molecule has 2 nitrogen and oxygen atoms in total. The molecule has 1 aliphatic heterocycles. The summed E-state index contributed by atoms with van der Waals surface area (Å²) in [4.78, 5) is 2.54. The second kappa shape index (κ2) is 3.82. The molecule has 2 rings (SSSR count). The molecule has 3 atom stereocenters. The van der Waals surface area contributed by atoms with E-state index in [1.807, 2.05) is 0 Å². The normalized spacial score (nSPS) is 44.8. The smallest absolute Gasteiger partial charge is 0.0615 e. The van der Waals surface area contributed by atoms with Crippen LogP contribution in [0.15, 0.2) is 0 Å². The molecule has 0 radical (unpaired) electrons. The van der Waals surface area contributed by atoms with Gasteiger partial charge in [-0.2, -0.15) is 0 Å². The van der Waals surface area contributed by atoms with E-state index in [4.69, 9.17) is 0 Å². The summed E-state index contributed by atoms with van der Waals surface area (Å²) < 4.78 is 0. The van der Waals surface area contributed by atoms with Gasteiger partial charge in [-0.15, -0.1) is 0 Å². The zero-order chi connectivity index (χ0) is 10.2. The Kier molecular flexibility index (Phi) is 2.85. The molecule has 0 bridgehead atoms. The number of rotatable bonds is 2. The van der Waals surface area contributed by atoms with Gasteiger partial charge in [0.05, 0.1) is 6.61 Å². The maximum absolute atomic E-state index is 9.67. The summed E-state index contributed by atoms with van der Waals surface area (Å²) in [6.07, 6.45) is 6.37. The topological polar surface area (TPSA) is 23.5 Å². The van der Waals surface area contributed by atoms with Crippen molar-refractivity contribution in [2.24, 2.45) is 5.92 Å². The van der Waals surface area contributed by atoms with Crippen molar-refractivity contribution in [3.8, 4) is 0 Å². The third kappa shape index (κ3) is 1.59. The molecule has 14 heavy (non-hydrogen) atoms. The Bertz CT molecular complexity index is 206. The molecule has 2 aliphatic rings. The third-order valence-electron chi connectivity index (χ3n) is 4.29. The van der Waals surface area contributed by atoms with E-state index < -0.39 is 0 Å². The Labute approximate surface area is 87.3 Å². The lowest BCUT2D eigenvalue weighted by atomic mass is 9.73. The zero-order valence-corrected chi connectivity index (χ0v) is 9.50. The number of aliphatic hydroxyl groups excluding tert-OH is 1. The molecule has 1 heterocycles. The van der Waals surface area contributed by atoms with E-state index in [2.05, 4.69) is 18.7 Å². The first-order valence-corrected chi connectivity index (χ1v) is 6.05. The minimum absolute atomic E-state index is 0.148. The summed E-state index contributed by atoms with van der Waals surface area (Å²) in [7, 11) is 0. The minimum atomic E-state index is 0.148. The van der Waals surface area contributed by atoms with Crippen LogP contribution >= 0.6 is 0 Å². The van der Waals surface area contributed by atoms with Crippen molar-refractivity contribution >= 4 is 0 Å². The van der Waals surface area contributed by atoms with Crippen LogP contribution in [0.25, 0.3) is 0 Å². The highest BCUT2D eigenvalue weighted by molar-refractivity contribution is 5.00. The summed E-state index contributed by atoms with van der Waals surface area (Å²) in [6, 6.07) is 0.701. The Morgan fingerprint density at radius 3 is 2.57 bits per heavy atom. The summed E-state index contributed by atoms with van der Waals surface area (Å²) in [5, 5.41) is 9.67. The maximum atomic E-state index is 9.67. The van der Waals surface area contributed by atoms with Gasteiger partial charge in [-0.25, -0.2) is 0 Å². The van der Waals surface area contributed by atoms with E-state index >= 15 is 0 Å². The van der Waals surface area contributed by atoms with Gasteiger partial charge in [0, 0.05) is 18.1 Å². The van der Waals surface area contributed by atoms with Crippen LogP contribution in [0.2, 0.25) is 0 Å². The van der Waals surface area contributed by atoms with Gasteiger partial charge in [-0.3, -0.25) is 4.90 Å². The summed E-state index contributed by atoms with van der Waals surface area (Å²) >= 11 is 0. The van der Waals surface area contributed by atoms with Gasteiger partial charge < -0.3 is 5.11 Å². The summed E-state index contributed by atoms with van der Waals surface area (Å²) in [6.45, 7) is 6.18. The number of aliphatic hydroxyl groups is 1. The monoisotopic (exact) mass is 197 g/mol. The predicted molar refractivity (Wildman–Crippen MR) is 58.2 cm³/mol. The third-order valence-corrected chi connectivity index (χ3v) is 4.29. The summed E-state index contributed by atoms with van der Waals surface area (Å²) in [5.74, 6) is 0.795. The predicted octanol–water partition coefficient (Wildman–Crippen LogP) is 2.02. The highest BCUT2D eigenvalue weighted by Gasteiger charge is 2.44. The maximum Gasteiger partial charge on any atom is 0.0615 e. The summed E-state index contributed by atoms with van der Waals surface area (Å²) in [5.41, 5.74) is 0.148. The minimum Gasteiger partial charge on any atom is -0.394 e. The van der Waals surface area contributed by atoms with E-state index in [1.165, 1.54) is 38.6 Å². The van der Waals surface area contributed by atoms with E-state index in [0.717, 1.165) is 5.92 Å². The van der Waals surface area contributed by atoms with E-state index in [-0.39, 0.29) is 5.54 Å². The van der Waals surface area contributed by atoms with Crippen molar-refractivity contribution in [3.05, 3.63) is 0 Å². The fraction of sp³-hybridized carbons (Fsp3) is 1.00. The molecular formula is C12H23NO. The molecule has 1 saturated carbocycles. The van der Waals surface area contributed by atoms with Gasteiger partial charge in [0.2, 0.25) is 0 Å². The van der Waals surface area contributed by atoms with Gasteiger partial charge in [-0.05, 0) is 32.1 Å². The molecule has 3 unspecified atom stereocenters. The second-order valence-corrected chi connectivity index (χ2v) is 5.42. The molecule has 0 aromatic rings. The largest absolute Gasteiger partial charge is 0.394 e. The lowest BCUT2D eigenvalue weighted by Crippen LogP contribution is -2.63. The highest BCUT2D eigenvalue weighted by Crippen LogP contribution is 2.40. The lowest BCUT2D eigenvalue weighted by Gasteiger charge is -2.55. The van der Waals surface area contributed by atoms with Crippen LogP contribution in [-0.2, 0) is 0 Å². The highest BCUT2D eigenvalue weighted by atomic mass is 16.3. The molecule has 82 valence electrons. The van der Waals surface area contributed by atoms with Crippen LogP contribution in [0, 0.1) is 5.92 Å². The van der Waals surface area contributed by atoms with Crippen molar-refractivity contribution in [2.75, 3.05) is 13.2 Å². The van der Waals surface area contributed by atoms with Gasteiger partial charge in [0.15, 0.2) is 0 Å². The van der Waals surface area contributed by atoms with Crippen LogP contribution in [0.3, 0.4) is 0 Å². The Morgan fingerprint density at radius 2 is 2.14 bits per heavy atom. The Balaban J connectivity index is 2.07. The van der Waals surface area contributed by atoms with Gasteiger partial charge >= 0.3 is 0 Å². The quantitative estimate of drug-likeness (QED) is 0.732. The Morgan fingerprint density at radius 1 is 1.36 bits per heavy atom. The fourth-order valence-electron chi connectivity index (χ4n) is 3.35. The van der Waals surface area contributed by atoms with Gasteiger partial charge in [-0.1, -0.05) is 19.8 Å². The standard InChI is InChI=1S/C12H23NO/c1-10-4-3-6-12(8-10,9-14)13-7-5-11(13)2/h10-11,14H,3-9H2,1-2H3. The molecule has 0 aromatic heterocycles. The van der Waals surface area contributed by atoms with Crippen LogP contribution in [0.4, 0.5) is 0 Å². The van der Waals surface area contributed by atoms with Crippen LogP contribution < -0.4 is 0 Å². The van der Waals surface area contributed by atoms with Crippen molar-refractivity contribution in [3.63, 3.8) is 0 Å². The van der Waals surface area contributed by atoms with Crippen molar-refractivity contribution in [1.29, 1.82) is 0 Å². The van der Waals surface area contributed by atoms with Gasteiger partial charge in [0.1, 0.15) is 0 Å². The molecule has 1 N–H and O–H groups in total. The number of hydrogen-bond acceptors (Lipinski definition) is 2. The SMILES string of the molecule is CC1CCCC(CO)(N2CCC2C)C1. The molecule has 2 fully saturated rings. The van der Waals surface area contributed by atoms with E-state index in [0.29, 0.717) is 12.6 Å². The van der Waals surface area contributed by atoms with Crippen molar-refractivity contribution in [2.45, 2.75) is 57.5 Å².